The average Bonchev–Trinajstić information content (AvgIpc) is 2.45. The number of unbranched alkanes of at least 4 members (excludes halogenated alkanes) is 1. The summed E-state index contributed by atoms with van der Waals surface area (Å²) in [7, 11) is 1.49. The van der Waals surface area contributed by atoms with Crippen molar-refractivity contribution >= 4 is 21.9 Å². The van der Waals surface area contributed by atoms with Gasteiger partial charge < -0.3 is 19.7 Å². The Labute approximate surface area is 133 Å². The molecule has 5 nitrogen and oxygen atoms in total. The number of methoxy groups -OCH3 is 1. The van der Waals surface area contributed by atoms with E-state index in [9.17, 15) is 15.0 Å². The lowest BCUT2D eigenvalue weighted by Gasteiger charge is -2.20. The van der Waals surface area contributed by atoms with E-state index >= 15 is 0 Å². The van der Waals surface area contributed by atoms with Crippen molar-refractivity contribution < 1.29 is 24.5 Å². The lowest BCUT2D eigenvalue weighted by molar-refractivity contribution is 0.0476. The lowest BCUT2D eigenvalue weighted by Crippen LogP contribution is -2.12. The quantitative estimate of drug-likeness (QED) is 0.695. The van der Waals surface area contributed by atoms with Crippen LogP contribution in [0.25, 0.3) is 0 Å². The molecule has 2 N–H and O–H groups in total. The minimum Gasteiger partial charge on any atom is -0.493 e. The van der Waals surface area contributed by atoms with Crippen LogP contribution in [0.15, 0.2) is 10.5 Å². The summed E-state index contributed by atoms with van der Waals surface area (Å²) in [6, 6.07) is 1.63. The molecule has 1 aromatic carbocycles. The number of ether oxygens (including phenoxy) is 2. The Morgan fingerprint density at radius 2 is 2.14 bits per heavy atom. The van der Waals surface area contributed by atoms with Crippen LogP contribution in [0.3, 0.4) is 0 Å². The fourth-order valence-corrected chi connectivity index (χ4v) is 2.60. The van der Waals surface area contributed by atoms with Gasteiger partial charge in [0.2, 0.25) is 0 Å². The van der Waals surface area contributed by atoms with Gasteiger partial charge in [0, 0.05) is 17.1 Å². The second-order valence-corrected chi connectivity index (χ2v) is 5.48. The van der Waals surface area contributed by atoms with E-state index in [-0.39, 0.29) is 12.2 Å². The third-order valence-electron chi connectivity index (χ3n) is 3.26. The zero-order chi connectivity index (χ0) is 16.0. The highest BCUT2D eigenvalue weighted by Gasteiger charge is 2.23. The minimum absolute atomic E-state index is 0.134. The summed E-state index contributed by atoms with van der Waals surface area (Å²) in [6.07, 6.45) is 1.27. The predicted molar refractivity (Wildman–Crippen MR) is 83.1 cm³/mol. The smallest absolute Gasteiger partial charge is 0.339 e. The van der Waals surface area contributed by atoms with Gasteiger partial charge in [-0.25, -0.2) is 4.79 Å². The molecule has 1 atom stereocenters. The van der Waals surface area contributed by atoms with Gasteiger partial charge in [0.15, 0.2) is 0 Å². The van der Waals surface area contributed by atoms with E-state index < -0.39 is 12.1 Å². The predicted octanol–water partition coefficient (Wildman–Crippen LogP) is 3.31. The maximum Gasteiger partial charge on any atom is 0.339 e. The van der Waals surface area contributed by atoms with E-state index in [0.29, 0.717) is 28.0 Å². The van der Waals surface area contributed by atoms with Crippen molar-refractivity contribution in [2.24, 2.45) is 0 Å². The highest BCUT2D eigenvalue weighted by atomic mass is 79.9. The van der Waals surface area contributed by atoms with Crippen LogP contribution in [0.1, 0.15) is 47.4 Å². The van der Waals surface area contributed by atoms with Crippen LogP contribution in [0.2, 0.25) is 0 Å². The van der Waals surface area contributed by atoms with Gasteiger partial charge in [0.25, 0.3) is 0 Å². The number of aliphatic hydroxyl groups is 1. The van der Waals surface area contributed by atoms with Gasteiger partial charge in [-0.3, -0.25) is 0 Å². The zero-order valence-corrected chi connectivity index (χ0v) is 14.1. The third kappa shape index (κ3) is 4.18. The van der Waals surface area contributed by atoms with E-state index in [0.717, 1.165) is 12.8 Å². The summed E-state index contributed by atoms with van der Waals surface area (Å²) in [5.74, 6) is -0.730. The highest BCUT2D eigenvalue weighted by Crippen LogP contribution is 2.36. The largest absolute Gasteiger partial charge is 0.493 e. The maximum atomic E-state index is 11.5. The third-order valence-corrected chi connectivity index (χ3v) is 4.31. The van der Waals surface area contributed by atoms with Crippen LogP contribution in [-0.2, 0) is 4.74 Å². The number of benzene rings is 1. The fraction of sp³-hybridized carbons (Fsp3) is 0.533. The van der Waals surface area contributed by atoms with Crippen molar-refractivity contribution in [1.29, 1.82) is 0 Å². The summed E-state index contributed by atoms with van der Waals surface area (Å²) >= 11 is 3.39. The summed E-state index contributed by atoms with van der Waals surface area (Å²) in [5, 5.41) is 18.8. The molecule has 1 unspecified atom stereocenters. The van der Waals surface area contributed by atoms with Crippen LogP contribution in [0.4, 0.5) is 0 Å². The molecular formula is C15H21BrO5. The van der Waals surface area contributed by atoms with Crippen LogP contribution in [0, 0.1) is 6.92 Å². The zero-order valence-electron chi connectivity index (χ0n) is 12.5. The first-order valence-electron chi connectivity index (χ1n) is 6.80. The number of halogens is 1. The van der Waals surface area contributed by atoms with Crippen molar-refractivity contribution in [3.05, 3.63) is 27.2 Å². The van der Waals surface area contributed by atoms with E-state index in [1.165, 1.54) is 7.11 Å². The standard InChI is InChI=1S/C15H21BrO5/c1-4-5-6-21-11-7-10(12(8-17)20-3)14(16)9(2)13(11)15(18)19/h7,12,17H,4-6,8H2,1-3H3,(H,18,19). The molecule has 0 fully saturated rings. The van der Waals surface area contributed by atoms with E-state index in [4.69, 9.17) is 9.47 Å². The number of rotatable bonds is 8. The van der Waals surface area contributed by atoms with Gasteiger partial charge in [-0.2, -0.15) is 0 Å². The Morgan fingerprint density at radius 1 is 1.48 bits per heavy atom. The molecule has 0 spiro atoms. The number of aliphatic hydroxyl groups excluding tert-OH is 1. The number of carboxylic acids is 1. The summed E-state index contributed by atoms with van der Waals surface area (Å²) < 4.78 is 11.4. The van der Waals surface area contributed by atoms with Gasteiger partial charge in [0.1, 0.15) is 17.4 Å². The second-order valence-electron chi connectivity index (χ2n) is 4.69. The molecule has 0 aliphatic carbocycles. The molecule has 0 aromatic heterocycles. The number of carboxylic acid groups (broad SMARTS) is 1. The van der Waals surface area contributed by atoms with E-state index in [1.807, 2.05) is 6.92 Å². The van der Waals surface area contributed by atoms with Crippen molar-refractivity contribution in [3.8, 4) is 5.75 Å². The Kier molecular flexibility index (Phi) is 7.14. The molecule has 0 aliphatic heterocycles. The van der Waals surface area contributed by atoms with Gasteiger partial charge in [-0.15, -0.1) is 0 Å². The normalized spacial score (nSPS) is 12.2. The first-order chi connectivity index (χ1) is 9.97. The molecule has 1 rings (SSSR count). The van der Waals surface area contributed by atoms with Crippen molar-refractivity contribution in [3.63, 3.8) is 0 Å². The minimum atomic E-state index is -1.04. The van der Waals surface area contributed by atoms with Gasteiger partial charge in [-0.05, 0) is 25.0 Å². The molecular weight excluding hydrogens is 340 g/mol. The summed E-state index contributed by atoms with van der Waals surface area (Å²) in [5.41, 5.74) is 1.37. The van der Waals surface area contributed by atoms with E-state index in [2.05, 4.69) is 15.9 Å². The molecule has 0 radical (unpaired) electrons. The average molecular weight is 361 g/mol. The summed E-state index contributed by atoms with van der Waals surface area (Å²) in [4.78, 5) is 11.5. The van der Waals surface area contributed by atoms with E-state index in [1.54, 1.807) is 13.0 Å². The Hall–Kier alpha value is -1.11. The molecule has 21 heavy (non-hydrogen) atoms. The van der Waals surface area contributed by atoms with Gasteiger partial charge in [-0.1, -0.05) is 29.3 Å². The van der Waals surface area contributed by atoms with Crippen LogP contribution in [0.5, 0.6) is 5.75 Å². The fourth-order valence-electron chi connectivity index (χ4n) is 2.03. The Bertz CT molecular complexity index is 497. The van der Waals surface area contributed by atoms with Crippen LogP contribution < -0.4 is 4.74 Å². The Balaban J connectivity index is 3.33. The highest BCUT2D eigenvalue weighted by molar-refractivity contribution is 9.10. The Morgan fingerprint density at radius 3 is 2.62 bits per heavy atom. The number of aromatic carboxylic acids is 1. The molecule has 6 heteroatoms. The topological polar surface area (TPSA) is 76.0 Å². The van der Waals surface area contributed by atoms with Gasteiger partial charge in [0.05, 0.1) is 13.2 Å². The SMILES string of the molecule is CCCCOc1cc(C(CO)OC)c(Br)c(C)c1C(=O)O. The van der Waals surface area contributed by atoms with Crippen molar-refractivity contribution in [2.45, 2.75) is 32.8 Å². The molecule has 0 saturated carbocycles. The molecule has 0 amide bonds. The van der Waals surface area contributed by atoms with Gasteiger partial charge >= 0.3 is 5.97 Å². The molecule has 0 saturated heterocycles. The number of hydrogen-bond donors (Lipinski definition) is 2. The van der Waals surface area contributed by atoms with Crippen molar-refractivity contribution in [2.75, 3.05) is 20.3 Å². The maximum absolute atomic E-state index is 11.5. The number of hydrogen-bond acceptors (Lipinski definition) is 4. The molecule has 0 heterocycles. The second kappa shape index (κ2) is 8.36. The van der Waals surface area contributed by atoms with Crippen LogP contribution in [-0.4, -0.2) is 36.5 Å². The molecule has 0 bridgehead atoms. The molecule has 1 aromatic rings. The first kappa shape index (κ1) is 17.9. The number of carbonyl (C=O) groups is 1. The van der Waals surface area contributed by atoms with Crippen LogP contribution >= 0.6 is 15.9 Å². The first-order valence-corrected chi connectivity index (χ1v) is 7.59. The monoisotopic (exact) mass is 360 g/mol. The summed E-state index contributed by atoms with van der Waals surface area (Å²) in [6.45, 7) is 3.99. The molecule has 0 aliphatic rings. The molecule has 118 valence electrons. The lowest BCUT2D eigenvalue weighted by atomic mass is 10.0. The van der Waals surface area contributed by atoms with Crippen molar-refractivity contribution in [1.82, 2.24) is 0 Å².